The summed E-state index contributed by atoms with van der Waals surface area (Å²) >= 11 is 0. The first-order valence-electron chi connectivity index (χ1n) is 11.2. The Labute approximate surface area is 193 Å². The van der Waals surface area contributed by atoms with Crippen LogP contribution in [0.25, 0.3) is 0 Å². The standard InChI is InChI=1S/C24H29N7O2/c1-18(2)20-12-24(33)31(17-27-20)15-23(32)28-21-13-22(26-16-25-21)30-10-8-29(9-11-30)14-19-6-4-3-5-7-19/h3-7,12-13,16-18H,8-11,14-15H2,1-2H3,(H,25,26,28,32). The van der Waals surface area contributed by atoms with Gasteiger partial charge in [-0.25, -0.2) is 15.0 Å². The molecule has 1 N–H and O–H groups in total. The van der Waals surface area contributed by atoms with Gasteiger partial charge in [0.05, 0.1) is 12.0 Å². The molecule has 172 valence electrons. The number of nitrogens with one attached hydrogen (secondary N) is 1. The first-order valence-corrected chi connectivity index (χ1v) is 11.2. The van der Waals surface area contributed by atoms with E-state index in [4.69, 9.17) is 0 Å². The molecule has 1 aromatic carbocycles. The van der Waals surface area contributed by atoms with Crippen molar-refractivity contribution in [3.8, 4) is 0 Å². The van der Waals surface area contributed by atoms with Crippen LogP contribution < -0.4 is 15.8 Å². The molecule has 2 aromatic heterocycles. The number of aromatic nitrogens is 4. The Hall–Kier alpha value is -3.59. The largest absolute Gasteiger partial charge is 0.354 e. The van der Waals surface area contributed by atoms with Gasteiger partial charge in [-0.3, -0.25) is 19.1 Å². The monoisotopic (exact) mass is 447 g/mol. The quantitative estimate of drug-likeness (QED) is 0.593. The van der Waals surface area contributed by atoms with Gasteiger partial charge in [0.15, 0.2) is 0 Å². The van der Waals surface area contributed by atoms with Crippen molar-refractivity contribution in [2.75, 3.05) is 36.4 Å². The SMILES string of the molecule is CC(C)c1cc(=O)n(CC(=O)Nc2cc(N3CCN(Cc4ccccc4)CC3)ncn2)cn1. The van der Waals surface area contributed by atoms with E-state index >= 15 is 0 Å². The van der Waals surface area contributed by atoms with E-state index in [-0.39, 0.29) is 23.9 Å². The first-order chi connectivity index (χ1) is 16.0. The zero-order valence-electron chi connectivity index (χ0n) is 19.0. The van der Waals surface area contributed by atoms with E-state index in [0.29, 0.717) is 11.5 Å². The maximum Gasteiger partial charge on any atom is 0.254 e. The summed E-state index contributed by atoms with van der Waals surface area (Å²) in [7, 11) is 0. The first kappa shape index (κ1) is 22.6. The number of benzene rings is 1. The van der Waals surface area contributed by atoms with E-state index in [9.17, 15) is 9.59 Å². The van der Waals surface area contributed by atoms with Crippen LogP contribution in [-0.4, -0.2) is 56.5 Å². The average Bonchev–Trinajstić information content (AvgIpc) is 2.81. The minimum atomic E-state index is -0.339. The highest BCUT2D eigenvalue weighted by Crippen LogP contribution is 2.17. The van der Waals surface area contributed by atoms with Gasteiger partial charge < -0.3 is 10.2 Å². The fourth-order valence-corrected chi connectivity index (χ4v) is 3.78. The van der Waals surface area contributed by atoms with Gasteiger partial charge in [-0.05, 0) is 11.5 Å². The smallest absolute Gasteiger partial charge is 0.254 e. The molecule has 1 aliphatic heterocycles. The third kappa shape index (κ3) is 6.01. The molecule has 4 rings (SSSR count). The summed E-state index contributed by atoms with van der Waals surface area (Å²) in [4.78, 5) is 42.1. The van der Waals surface area contributed by atoms with E-state index < -0.39 is 0 Å². The summed E-state index contributed by atoms with van der Waals surface area (Å²) in [6.45, 7) is 8.31. The second-order valence-electron chi connectivity index (χ2n) is 8.49. The number of carbonyl (C=O) groups excluding carboxylic acids is 1. The number of anilines is 2. The zero-order chi connectivity index (χ0) is 23.2. The second kappa shape index (κ2) is 10.4. The number of amides is 1. The number of carbonyl (C=O) groups is 1. The van der Waals surface area contributed by atoms with Gasteiger partial charge in [-0.2, -0.15) is 0 Å². The predicted molar refractivity (Wildman–Crippen MR) is 127 cm³/mol. The molecule has 9 heteroatoms. The second-order valence-corrected chi connectivity index (χ2v) is 8.49. The molecule has 0 saturated carbocycles. The van der Waals surface area contributed by atoms with Gasteiger partial charge in [-0.15, -0.1) is 0 Å². The number of hydrogen-bond acceptors (Lipinski definition) is 7. The van der Waals surface area contributed by atoms with Gasteiger partial charge >= 0.3 is 0 Å². The average molecular weight is 448 g/mol. The Balaban J connectivity index is 1.33. The normalized spacial score (nSPS) is 14.5. The van der Waals surface area contributed by atoms with E-state index in [1.54, 1.807) is 6.07 Å². The van der Waals surface area contributed by atoms with Crippen molar-refractivity contribution < 1.29 is 4.79 Å². The molecule has 0 radical (unpaired) electrons. The van der Waals surface area contributed by atoms with E-state index in [1.165, 1.54) is 28.9 Å². The maximum absolute atomic E-state index is 12.5. The van der Waals surface area contributed by atoms with Crippen molar-refractivity contribution in [2.24, 2.45) is 0 Å². The summed E-state index contributed by atoms with van der Waals surface area (Å²) in [5, 5.41) is 2.76. The summed E-state index contributed by atoms with van der Waals surface area (Å²) < 4.78 is 1.29. The zero-order valence-corrected chi connectivity index (χ0v) is 19.0. The van der Waals surface area contributed by atoms with Gasteiger partial charge in [-0.1, -0.05) is 44.2 Å². The Morgan fingerprint density at radius 3 is 2.48 bits per heavy atom. The van der Waals surface area contributed by atoms with Crippen LogP contribution in [-0.2, 0) is 17.9 Å². The van der Waals surface area contributed by atoms with Crippen LogP contribution in [0.4, 0.5) is 11.6 Å². The topological polar surface area (TPSA) is 96.2 Å². The molecule has 3 heterocycles. The Morgan fingerprint density at radius 1 is 1.03 bits per heavy atom. The van der Waals surface area contributed by atoms with Crippen molar-refractivity contribution in [1.29, 1.82) is 0 Å². The van der Waals surface area contributed by atoms with Crippen molar-refractivity contribution in [2.45, 2.75) is 32.9 Å². The van der Waals surface area contributed by atoms with Gasteiger partial charge in [0.2, 0.25) is 5.91 Å². The van der Waals surface area contributed by atoms with Gasteiger partial charge in [0, 0.05) is 44.9 Å². The third-order valence-corrected chi connectivity index (χ3v) is 5.67. The summed E-state index contributed by atoms with van der Waals surface area (Å²) in [6.07, 6.45) is 2.87. The number of hydrogen-bond donors (Lipinski definition) is 1. The molecule has 0 atom stereocenters. The van der Waals surface area contributed by atoms with Crippen molar-refractivity contribution in [3.05, 3.63) is 76.7 Å². The lowest BCUT2D eigenvalue weighted by atomic mass is 10.1. The molecular weight excluding hydrogens is 418 g/mol. The Morgan fingerprint density at radius 2 is 1.79 bits per heavy atom. The fraction of sp³-hybridized carbons (Fsp3) is 0.375. The Bertz CT molecular complexity index is 1140. The summed E-state index contributed by atoms with van der Waals surface area (Å²) in [5.74, 6) is 1.01. The molecular formula is C24H29N7O2. The molecule has 33 heavy (non-hydrogen) atoms. The van der Waals surface area contributed by atoms with Crippen molar-refractivity contribution in [3.63, 3.8) is 0 Å². The van der Waals surface area contributed by atoms with Gasteiger partial charge in [0.25, 0.3) is 5.56 Å². The van der Waals surface area contributed by atoms with Crippen LogP contribution in [0.1, 0.15) is 31.0 Å². The molecule has 9 nitrogen and oxygen atoms in total. The minimum absolute atomic E-state index is 0.123. The lowest BCUT2D eigenvalue weighted by Gasteiger charge is -2.35. The van der Waals surface area contributed by atoms with Crippen molar-refractivity contribution in [1.82, 2.24) is 24.4 Å². The molecule has 3 aromatic rings. The highest BCUT2D eigenvalue weighted by molar-refractivity contribution is 5.89. The molecule has 0 bridgehead atoms. The van der Waals surface area contributed by atoms with Crippen LogP contribution in [0, 0.1) is 0 Å². The van der Waals surface area contributed by atoms with Gasteiger partial charge in [0.1, 0.15) is 24.5 Å². The molecule has 1 fully saturated rings. The highest BCUT2D eigenvalue weighted by Gasteiger charge is 2.19. The maximum atomic E-state index is 12.5. The summed E-state index contributed by atoms with van der Waals surface area (Å²) in [6, 6.07) is 13.7. The molecule has 0 aliphatic carbocycles. The Kier molecular flexibility index (Phi) is 7.09. The number of rotatable bonds is 7. The lowest BCUT2D eigenvalue weighted by molar-refractivity contribution is -0.116. The summed E-state index contributed by atoms with van der Waals surface area (Å²) in [5.41, 5.74) is 1.77. The molecule has 0 unspecified atom stereocenters. The highest BCUT2D eigenvalue weighted by atomic mass is 16.2. The molecule has 1 amide bonds. The number of piperazine rings is 1. The predicted octanol–water partition coefficient (Wildman–Crippen LogP) is 2.12. The van der Waals surface area contributed by atoms with Crippen molar-refractivity contribution >= 4 is 17.5 Å². The fourth-order valence-electron chi connectivity index (χ4n) is 3.78. The molecule has 1 saturated heterocycles. The molecule has 0 spiro atoms. The van der Waals surface area contributed by atoms with Crippen LogP contribution in [0.2, 0.25) is 0 Å². The number of nitrogens with zero attached hydrogens (tertiary/aromatic N) is 6. The van der Waals surface area contributed by atoms with Crippen LogP contribution in [0.5, 0.6) is 0 Å². The van der Waals surface area contributed by atoms with E-state index in [2.05, 4.69) is 54.3 Å². The lowest BCUT2D eigenvalue weighted by Crippen LogP contribution is -2.46. The van der Waals surface area contributed by atoms with Crippen LogP contribution in [0.3, 0.4) is 0 Å². The van der Waals surface area contributed by atoms with E-state index in [0.717, 1.165) is 38.5 Å². The minimum Gasteiger partial charge on any atom is -0.354 e. The van der Waals surface area contributed by atoms with E-state index in [1.807, 2.05) is 19.9 Å². The molecule has 1 aliphatic rings. The van der Waals surface area contributed by atoms with Crippen LogP contribution >= 0.6 is 0 Å². The van der Waals surface area contributed by atoms with Crippen LogP contribution in [0.15, 0.2) is 59.9 Å². The third-order valence-electron chi connectivity index (χ3n) is 5.67.